The number of hydrogen-bond donors (Lipinski definition) is 1. The van der Waals surface area contributed by atoms with Crippen LogP contribution in [0, 0.1) is 17.8 Å². The molecule has 4 bridgehead atoms. The molecule has 0 unspecified atom stereocenters. The van der Waals surface area contributed by atoms with Gasteiger partial charge in [0.2, 0.25) is 11.9 Å². The molecule has 0 aromatic carbocycles. The Hall–Kier alpha value is -0.820. The summed E-state index contributed by atoms with van der Waals surface area (Å²) in [5.41, 5.74) is 0.148. The van der Waals surface area contributed by atoms with Gasteiger partial charge in [-0.15, -0.1) is 37.2 Å². The average Bonchev–Trinajstić information content (AvgIpc) is 2.66. The molecule has 0 atom stereocenters. The number of nitrogens with one attached hydrogen (secondary N) is 1. The fourth-order valence-corrected chi connectivity index (χ4v) is 6.51. The molecule has 9 heteroatoms. The summed E-state index contributed by atoms with van der Waals surface area (Å²) in [5.74, 6) is 3.72. The van der Waals surface area contributed by atoms with Crippen LogP contribution in [0.4, 0.5) is 5.95 Å². The van der Waals surface area contributed by atoms with Crippen LogP contribution in [0.1, 0.15) is 44.9 Å². The lowest BCUT2D eigenvalue weighted by Crippen LogP contribution is -2.60. The molecule has 2 heterocycles. The minimum absolute atomic E-state index is 0. The van der Waals surface area contributed by atoms with E-state index in [1.165, 1.54) is 38.5 Å². The topological polar surface area (TPSA) is 61.4 Å². The summed E-state index contributed by atoms with van der Waals surface area (Å²) in [7, 11) is 0. The largest absolute Gasteiger partial charge is 0.351 e. The summed E-state index contributed by atoms with van der Waals surface area (Å²) in [5, 5.41) is 3.50. The third kappa shape index (κ3) is 5.50. The molecule has 1 aromatic heterocycles. The third-order valence-corrected chi connectivity index (χ3v) is 7.31. The molecule has 4 saturated carbocycles. The van der Waals surface area contributed by atoms with E-state index in [1.807, 2.05) is 6.07 Å². The van der Waals surface area contributed by atoms with Crippen molar-refractivity contribution in [1.82, 2.24) is 20.2 Å². The fraction of sp³-hybridized carbons (Fsp3) is 0.762. The fourth-order valence-electron chi connectivity index (χ4n) is 6.51. The van der Waals surface area contributed by atoms with Crippen molar-refractivity contribution in [3.63, 3.8) is 0 Å². The van der Waals surface area contributed by atoms with Gasteiger partial charge in [-0.1, -0.05) is 0 Å². The van der Waals surface area contributed by atoms with Crippen molar-refractivity contribution in [2.75, 3.05) is 37.6 Å². The SMILES string of the molecule is Cl.Cl.Cl.O=C(CCN1CCN(c2ncccn2)CC1)NC12CC3CC(CC(C3)C1)C2. The highest BCUT2D eigenvalue weighted by atomic mass is 35.5. The molecule has 5 aliphatic rings. The highest BCUT2D eigenvalue weighted by Crippen LogP contribution is 2.55. The average molecular weight is 479 g/mol. The Labute approximate surface area is 198 Å². The van der Waals surface area contributed by atoms with E-state index in [0.717, 1.165) is 56.4 Å². The van der Waals surface area contributed by atoms with Gasteiger partial charge in [-0.05, 0) is 62.3 Å². The van der Waals surface area contributed by atoms with E-state index in [0.29, 0.717) is 6.42 Å². The molecule has 1 aromatic rings. The Morgan fingerprint density at radius 3 is 2.00 bits per heavy atom. The van der Waals surface area contributed by atoms with Crippen molar-refractivity contribution in [1.29, 1.82) is 0 Å². The Morgan fingerprint density at radius 2 is 1.47 bits per heavy atom. The van der Waals surface area contributed by atoms with Crippen LogP contribution < -0.4 is 10.2 Å². The molecule has 1 N–H and O–H groups in total. The summed E-state index contributed by atoms with van der Waals surface area (Å²) < 4.78 is 0. The van der Waals surface area contributed by atoms with Crippen LogP contribution in [-0.2, 0) is 4.79 Å². The number of amides is 1. The molecule has 30 heavy (non-hydrogen) atoms. The van der Waals surface area contributed by atoms with Gasteiger partial charge in [0, 0.05) is 57.1 Å². The molecular formula is C21H34Cl3N5O. The second-order valence-electron chi connectivity index (χ2n) is 9.37. The number of carbonyl (C=O) groups excluding carboxylic acids is 1. The Kier molecular flexibility index (Phi) is 9.04. The van der Waals surface area contributed by atoms with Crippen molar-refractivity contribution in [2.24, 2.45) is 17.8 Å². The normalized spacial score (nSPS) is 31.9. The van der Waals surface area contributed by atoms with Gasteiger partial charge in [0.15, 0.2) is 0 Å². The molecule has 4 aliphatic carbocycles. The first-order valence-corrected chi connectivity index (χ1v) is 10.7. The summed E-state index contributed by atoms with van der Waals surface area (Å²) in [6, 6.07) is 1.85. The summed E-state index contributed by atoms with van der Waals surface area (Å²) in [6.07, 6.45) is 12.2. The number of hydrogen-bond acceptors (Lipinski definition) is 5. The lowest BCUT2D eigenvalue weighted by Gasteiger charge is -2.57. The Morgan fingerprint density at radius 1 is 0.933 bits per heavy atom. The number of halogens is 3. The summed E-state index contributed by atoms with van der Waals surface area (Å²) in [6.45, 7) is 4.68. The maximum absolute atomic E-state index is 12.7. The van der Waals surface area contributed by atoms with E-state index in [-0.39, 0.29) is 48.7 Å². The predicted octanol–water partition coefficient (Wildman–Crippen LogP) is 3.34. The van der Waals surface area contributed by atoms with Gasteiger partial charge in [0.25, 0.3) is 0 Å². The molecule has 1 aliphatic heterocycles. The third-order valence-electron chi connectivity index (χ3n) is 7.31. The van der Waals surface area contributed by atoms with Crippen LogP contribution in [0.2, 0.25) is 0 Å². The van der Waals surface area contributed by atoms with Crippen molar-refractivity contribution >= 4 is 49.1 Å². The molecule has 1 saturated heterocycles. The maximum Gasteiger partial charge on any atom is 0.225 e. The van der Waals surface area contributed by atoms with Crippen LogP contribution in [0.25, 0.3) is 0 Å². The van der Waals surface area contributed by atoms with E-state index in [2.05, 4.69) is 25.1 Å². The molecule has 6 rings (SSSR count). The van der Waals surface area contributed by atoms with Gasteiger partial charge >= 0.3 is 0 Å². The lowest BCUT2D eigenvalue weighted by molar-refractivity contribution is -0.127. The lowest BCUT2D eigenvalue weighted by atomic mass is 9.53. The number of anilines is 1. The van der Waals surface area contributed by atoms with Gasteiger partial charge < -0.3 is 10.2 Å². The number of nitrogens with zero attached hydrogens (tertiary/aromatic N) is 4. The van der Waals surface area contributed by atoms with Crippen LogP contribution >= 0.6 is 37.2 Å². The second-order valence-corrected chi connectivity index (χ2v) is 9.37. The van der Waals surface area contributed by atoms with Crippen molar-refractivity contribution < 1.29 is 4.79 Å². The minimum Gasteiger partial charge on any atom is -0.351 e. The highest BCUT2D eigenvalue weighted by molar-refractivity contribution is 5.86. The quantitative estimate of drug-likeness (QED) is 0.703. The molecule has 0 spiro atoms. The zero-order valence-electron chi connectivity index (χ0n) is 17.4. The zero-order valence-corrected chi connectivity index (χ0v) is 19.8. The van der Waals surface area contributed by atoms with E-state index in [9.17, 15) is 4.79 Å². The molecule has 1 amide bonds. The van der Waals surface area contributed by atoms with E-state index < -0.39 is 0 Å². The van der Waals surface area contributed by atoms with Gasteiger partial charge in [-0.2, -0.15) is 0 Å². The Balaban J connectivity index is 0.00000107. The van der Waals surface area contributed by atoms with Gasteiger partial charge in [0.1, 0.15) is 0 Å². The second kappa shape index (κ2) is 10.7. The van der Waals surface area contributed by atoms with Crippen molar-refractivity contribution in [3.05, 3.63) is 18.5 Å². The number of carbonyl (C=O) groups is 1. The first-order valence-electron chi connectivity index (χ1n) is 10.7. The number of piperazine rings is 1. The first kappa shape index (κ1) is 25.4. The van der Waals surface area contributed by atoms with Crippen LogP contribution in [0.5, 0.6) is 0 Å². The monoisotopic (exact) mass is 477 g/mol. The Bertz CT molecular complexity index is 649. The van der Waals surface area contributed by atoms with Gasteiger partial charge in [-0.3, -0.25) is 9.69 Å². The molecule has 0 radical (unpaired) electrons. The predicted molar refractivity (Wildman–Crippen MR) is 126 cm³/mol. The van der Waals surface area contributed by atoms with E-state index >= 15 is 0 Å². The zero-order chi connectivity index (χ0) is 18.3. The highest BCUT2D eigenvalue weighted by Gasteiger charge is 2.51. The first-order chi connectivity index (χ1) is 13.2. The number of aromatic nitrogens is 2. The van der Waals surface area contributed by atoms with E-state index in [4.69, 9.17) is 0 Å². The van der Waals surface area contributed by atoms with Crippen molar-refractivity contribution in [3.8, 4) is 0 Å². The standard InChI is InChI=1S/C21H31N5O.3ClH/c27-19(24-21-13-16-10-17(14-21)12-18(11-16)15-21)2-5-25-6-8-26(9-7-25)20-22-3-1-4-23-20;;;/h1,3-4,16-18H,2,5-15H2,(H,24,27);3*1H. The van der Waals surface area contributed by atoms with Crippen molar-refractivity contribution in [2.45, 2.75) is 50.5 Å². The molecule has 170 valence electrons. The molecule has 5 fully saturated rings. The summed E-state index contributed by atoms with van der Waals surface area (Å²) in [4.78, 5) is 26.0. The van der Waals surface area contributed by atoms with Gasteiger partial charge in [0.05, 0.1) is 0 Å². The van der Waals surface area contributed by atoms with Gasteiger partial charge in [-0.25, -0.2) is 9.97 Å². The van der Waals surface area contributed by atoms with Crippen LogP contribution in [0.3, 0.4) is 0 Å². The van der Waals surface area contributed by atoms with Crippen LogP contribution in [-0.4, -0.2) is 59.0 Å². The van der Waals surface area contributed by atoms with Crippen LogP contribution in [0.15, 0.2) is 18.5 Å². The molecular weight excluding hydrogens is 445 g/mol. The maximum atomic E-state index is 12.7. The van der Waals surface area contributed by atoms with E-state index in [1.54, 1.807) is 12.4 Å². The minimum atomic E-state index is 0. The molecule has 6 nitrogen and oxygen atoms in total. The summed E-state index contributed by atoms with van der Waals surface area (Å²) >= 11 is 0. The smallest absolute Gasteiger partial charge is 0.225 e. The number of rotatable bonds is 5.